The van der Waals surface area contributed by atoms with Crippen LogP contribution >= 0.6 is 0 Å². The maximum Gasteiger partial charge on any atom is 0.00322 e. The minimum absolute atomic E-state index is 1.14. The van der Waals surface area contributed by atoms with Gasteiger partial charge in [0, 0.05) is 10.2 Å². The summed E-state index contributed by atoms with van der Waals surface area (Å²) in [5.41, 5.74) is 3.93. The van der Waals surface area contributed by atoms with Crippen molar-refractivity contribution in [2.45, 2.75) is 19.4 Å². The molecule has 0 aromatic heterocycles. The molecular formula is C19H20Si. The average molecular weight is 276 g/mol. The third-order valence-corrected chi connectivity index (χ3v) is 4.48. The lowest BCUT2D eigenvalue weighted by atomic mass is 9.91. The summed E-state index contributed by atoms with van der Waals surface area (Å²) in [6.45, 7) is 6.23. The van der Waals surface area contributed by atoms with E-state index in [2.05, 4.69) is 62.0 Å². The van der Waals surface area contributed by atoms with E-state index in [4.69, 9.17) is 0 Å². The van der Waals surface area contributed by atoms with Crippen molar-refractivity contribution in [1.29, 1.82) is 0 Å². The van der Waals surface area contributed by atoms with Crippen LogP contribution in [0.5, 0.6) is 0 Å². The molecule has 0 radical (unpaired) electrons. The van der Waals surface area contributed by atoms with Gasteiger partial charge in [-0.1, -0.05) is 60.7 Å². The third-order valence-electron chi connectivity index (χ3n) is 3.98. The number of aryl methyl sites for hydroxylation is 1. The fraction of sp³-hybridized carbons (Fsp3) is 0.158. The van der Waals surface area contributed by atoms with E-state index in [0.717, 1.165) is 5.57 Å². The molecule has 0 amide bonds. The van der Waals surface area contributed by atoms with E-state index in [1.807, 2.05) is 0 Å². The lowest BCUT2D eigenvalue weighted by Gasteiger charge is -2.14. The van der Waals surface area contributed by atoms with E-state index in [1.165, 1.54) is 55.4 Å². The molecule has 0 aliphatic carbocycles. The molecule has 100 valence electrons. The fourth-order valence-electron chi connectivity index (χ4n) is 3.07. The molecular weight excluding hydrogens is 256 g/mol. The Labute approximate surface area is 123 Å². The van der Waals surface area contributed by atoms with Crippen LogP contribution in [-0.2, 0) is 6.42 Å². The first kappa shape index (κ1) is 13.1. The molecule has 0 N–H and O–H groups in total. The summed E-state index contributed by atoms with van der Waals surface area (Å²) in [7, 11) is 1.25. The Bertz CT molecular complexity index is 799. The summed E-state index contributed by atoms with van der Waals surface area (Å²) >= 11 is 0. The first-order valence-electron chi connectivity index (χ1n) is 7.31. The lowest BCUT2D eigenvalue weighted by molar-refractivity contribution is 1.17. The second-order valence-electron chi connectivity index (χ2n) is 5.51. The smallest absolute Gasteiger partial charge is 0.00322 e. The zero-order valence-corrected chi connectivity index (χ0v) is 14.2. The molecule has 1 heteroatoms. The highest BCUT2D eigenvalue weighted by atomic mass is 28.1. The fourth-order valence-corrected chi connectivity index (χ4v) is 3.57. The van der Waals surface area contributed by atoms with Crippen LogP contribution in [-0.4, -0.2) is 10.2 Å². The van der Waals surface area contributed by atoms with Crippen LogP contribution in [0.3, 0.4) is 0 Å². The third kappa shape index (κ3) is 2.08. The molecule has 0 heterocycles. The van der Waals surface area contributed by atoms with Crippen LogP contribution in [0.4, 0.5) is 0 Å². The number of rotatable bonds is 3. The van der Waals surface area contributed by atoms with Gasteiger partial charge in [-0.2, -0.15) is 0 Å². The molecule has 0 saturated carbocycles. The van der Waals surface area contributed by atoms with Crippen LogP contribution < -0.4 is 0 Å². The summed E-state index contributed by atoms with van der Waals surface area (Å²) < 4.78 is 0. The highest BCUT2D eigenvalue weighted by molar-refractivity contribution is 6.10. The molecule has 3 aromatic rings. The maximum atomic E-state index is 4.14. The first-order valence-corrected chi connectivity index (χ1v) is 8.73. The lowest BCUT2D eigenvalue weighted by Crippen LogP contribution is -1.92. The van der Waals surface area contributed by atoms with Crippen molar-refractivity contribution in [3.05, 3.63) is 66.2 Å². The predicted molar refractivity (Wildman–Crippen MR) is 94.6 cm³/mol. The highest BCUT2D eigenvalue weighted by Crippen LogP contribution is 2.33. The van der Waals surface area contributed by atoms with Gasteiger partial charge >= 0.3 is 0 Å². The van der Waals surface area contributed by atoms with E-state index in [1.54, 1.807) is 0 Å². The second-order valence-corrected chi connectivity index (χ2v) is 6.51. The number of fused-ring (bicyclic) bond motifs is 2. The van der Waals surface area contributed by atoms with Gasteiger partial charge < -0.3 is 0 Å². The molecule has 0 spiro atoms. The van der Waals surface area contributed by atoms with Crippen molar-refractivity contribution in [3.8, 4) is 0 Å². The van der Waals surface area contributed by atoms with Crippen molar-refractivity contribution in [3.63, 3.8) is 0 Å². The Hall–Kier alpha value is -1.86. The predicted octanol–water partition coefficient (Wildman–Crippen LogP) is 4.35. The molecule has 0 bridgehead atoms. The van der Waals surface area contributed by atoms with Gasteiger partial charge in [0.25, 0.3) is 0 Å². The largest absolute Gasteiger partial charge is 0.0955 e. The zero-order chi connectivity index (χ0) is 14.1. The number of hydrogen-bond acceptors (Lipinski definition) is 0. The molecule has 0 atom stereocenters. The van der Waals surface area contributed by atoms with E-state index in [-0.39, 0.29) is 0 Å². The van der Waals surface area contributed by atoms with Crippen LogP contribution in [0.2, 0.25) is 6.04 Å². The second kappa shape index (κ2) is 5.26. The van der Waals surface area contributed by atoms with Crippen LogP contribution in [0.1, 0.15) is 18.1 Å². The number of allylic oxidation sites excluding steroid dienone is 1. The first-order chi connectivity index (χ1) is 9.72. The molecule has 3 aromatic carbocycles. The van der Waals surface area contributed by atoms with Crippen LogP contribution in [0.25, 0.3) is 27.1 Å². The molecule has 3 rings (SSSR count). The van der Waals surface area contributed by atoms with Crippen molar-refractivity contribution in [2.24, 2.45) is 0 Å². The Morgan fingerprint density at radius 2 is 1.75 bits per heavy atom. The van der Waals surface area contributed by atoms with Crippen molar-refractivity contribution >= 4 is 37.4 Å². The molecule has 0 nitrogen and oxygen atoms in total. The van der Waals surface area contributed by atoms with E-state index >= 15 is 0 Å². The standard InChI is InChI=1S/C19H20Si/c1-13(2)15-8-5-9-17-18(10-11-20)16-7-4-3-6-14(16)12-19(15)17/h3-9,12H,1,10-11H2,2,20H3. The van der Waals surface area contributed by atoms with Gasteiger partial charge in [-0.25, -0.2) is 0 Å². The molecule has 0 aliphatic rings. The molecule has 20 heavy (non-hydrogen) atoms. The molecule has 0 unspecified atom stereocenters. The number of benzene rings is 3. The average Bonchev–Trinajstić information content (AvgIpc) is 2.46. The Morgan fingerprint density at radius 3 is 2.50 bits per heavy atom. The quantitative estimate of drug-likeness (QED) is 0.493. The SMILES string of the molecule is C=C(C)c1cccc2c(CC[SiH3])c3ccccc3cc12. The maximum absolute atomic E-state index is 4.14. The van der Waals surface area contributed by atoms with Gasteiger partial charge in [0.1, 0.15) is 0 Å². The summed E-state index contributed by atoms with van der Waals surface area (Å²) in [5.74, 6) is 0. The summed E-state index contributed by atoms with van der Waals surface area (Å²) in [4.78, 5) is 0. The highest BCUT2D eigenvalue weighted by Gasteiger charge is 2.09. The van der Waals surface area contributed by atoms with Gasteiger partial charge in [0.05, 0.1) is 0 Å². The summed E-state index contributed by atoms with van der Waals surface area (Å²) in [6.07, 6.45) is 1.18. The van der Waals surface area contributed by atoms with E-state index in [0.29, 0.717) is 0 Å². The van der Waals surface area contributed by atoms with Gasteiger partial charge in [-0.05, 0) is 52.1 Å². The summed E-state index contributed by atoms with van der Waals surface area (Å²) in [6, 6.07) is 19.0. The Kier molecular flexibility index (Phi) is 3.45. The topological polar surface area (TPSA) is 0 Å². The zero-order valence-electron chi connectivity index (χ0n) is 12.2. The molecule has 0 saturated heterocycles. The van der Waals surface area contributed by atoms with Crippen LogP contribution in [0, 0.1) is 0 Å². The van der Waals surface area contributed by atoms with Crippen molar-refractivity contribution in [2.75, 3.05) is 0 Å². The molecule has 0 aliphatic heterocycles. The minimum atomic E-state index is 1.14. The van der Waals surface area contributed by atoms with Crippen molar-refractivity contribution in [1.82, 2.24) is 0 Å². The van der Waals surface area contributed by atoms with E-state index < -0.39 is 0 Å². The van der Waals surface area contributed by atoms with Crippen LogP contribution in [0.15, 0.2) is 55.1 Å². The summed E-state index contributed by atoms with van der Waals surface area (Å²) in [5, 5.41) is 5.51. The Morgan fingerprint density at radius 1 is 1.00 bits per heavy atom. The van der Waals surface area contributed by atoms with Gasteiger partial charge in [-0.3, -0.25) is 0 Å². The van der Waals surface area contributed by atoms with Gasteiger partial charge in [0.2, 0.25) is 0 Å². The molecule has 0 fully saturated rings. The van der Waals surface area contributed by atoms with Crippen molar-refractivity contribution < 1.29 is 0 Å². The Balaban J connectivity index is 2.49. The van der Waals surface area contributed by atoms with Gasteiger partial charge in [0.15, 0.2) is 0 Å². The minimum Gasteiger partial charge on any atom is -0.0955 e. The normalized spacial score (nSPS) is 11.2. The van der Waals surface area contributed by atoms with E-state index in [9.17, 15) is 0 Å². The monoisotopic (exact) mass is 276 g/mol. The number of hydrogen-bond donors (Lipinski definition) is 0. The van der Waals surface area contributed by atoms with Gasteiger partial charge in [-0.15, -0.1) is 0 Å².